The Kier molecular flexibility index (Phi) is 10.6. The minimum atomic E-state index is -0.847. The predicted octanol–water partition coefficient (Wildman–Crippen LogP) is 0.292. The molecule has 8 nitrogen and oxygen atoms in total. The van der Waals surface area contributed by atoms with Crippen molar-refractivity contribution >= 4 is 34.0 Å². The minimum Gasteiger partial charge on any atom is -0.462 e. The number of ether oxygens (including phenoxy) is 2. The van der Waals surface area contributed by atoms with Gasteiger partial charge in [0.2, 0.25) is 0 Å². The molecule has 0 saturated heterocycles. The van der Waals surface area contributed by atoms with Crippen LogP contribution in [0.3, 0.4) is 0 Å². The fourth-order valence-electron chi connectivity index (χ4n) is 0.597. The first-order valence-electron chi connectivity index (χ1n) is 4.39. The van der Waals surface area contributed by atoms with E-state index < -0.39 is 17.7 Å². The second-order valence-corrected chi connectivity index (χ2v) is 5.03. The molecule has 0 aromatic rings. The van der Waals surface area contributed by atoms with Gasteiger partial charge in [-0.3, -0.25) is 4.79 Å². The topological polar surface area (TPSA) is 105 Å². The summed E-state index contributed by atoms with van der Waals surface area (Å²) in [6, 6.07) is 0. The van der Waals surface area contributed by atoms with Gasteiger partial charge in [0, 0.05) is 11.5 Å². The lowest BCUT2D eigenvalue weighted by atomic mass is 10.7. The molecule has 0 aromatic carbocycles. The van der Waals surface area contributed by atoms with Crippen molar-refractivity contribution in [3.63, 3.8) is 0 Å². The summed E-state index contributed by atoms with van der Waals surface area (Å²) < 4.78 is 8.87. The van der Waals surface area contributed by atoms with E-state index in [1.54, 1.807) is 0 Å². The summed E-state index contributed by atoms with van der Waals surface area (Å²) in [6.07, 6.45) is 0. The summed E-state index contributed by atoms with van der Waals surface area (Å²) >= 11 is 0. The molecule has 0 bridgehead atoms. The maximum atomic E-state index is 10.8. The second-order valence-electron chi connectivity index (χ2n) is 2.33. The van der Waals surface area contributed by atoms with Gasteiger partial charge in [-0.15, -0.1) is 10.1 Å². The number of carbonyl (C=O) groups excluding carboxylic acids is 2. The van der Waals surface area contributed by atoms with Crippen molar-refractivity contribution in [1.29, 1.82) is 0 Å². The molecule has 0 aromatic heterocycles. The second kappa shape index (κ2) is 11.3. The first-order chi connectivity index (χ1) is 8.16. The number of hydrogen-bond donors (Lipinski definition) is 0. The molecule has 10 heteroatoms. The van der Waals surface area contributed by atoms with Crippen molar-refractivity contribution in [2.45, 2.75) is 0 Å². The SMILES string of the molecule is O=COCC(=O)OCCSSCCO[N+](=O)[O-]. The summed E-state index contributed by atoms with van der Waals surface area (Å²) in [5.74, 6) is 0.392. The Morgan fingerprint density at radius 2 is 1.94 bits per heavy atom. The zero-order chi connectivity index (χ0) is 12.9. The van der Waals surface area contributed by atoms with E-state index in [9.17, 15) is 19.7 Å². The third kappa shape index (κ3) is 12.8. The maximum absolute atomic E-state index is 10.8. The van der Waals surface area contributed by atoms with Crippen molar-refractivity contribution in [2.24, 2.45) is 0 Å². The first kappa shape index (κ1) is 15.8. The molecule has 0 amide bonds. The highest BCUT2D eigenvalue weighted by Crippen LogP contribution is 2.20. The number of carbonyl (C=O) groups is 2. The van der Waals surface area contributed by atoms with E-state index in [4.69, 9.17) is 4.74 Å². The number of esters is 1. The molecule has 0 heterocycles. The van der Waals surface area contributed by atoms with Gasteiger partial charge in [-0.05, 0) is 0 Å². The third-order valence-electron chi connectivity index (χ3n) is 1.15. The van der Waals surface area contributed by atoms with Crippen LogP contribution in [-0.4, -0.2) is 48.9 Å². The molecule has 0 unspecified atom stereocenters. The van der Waals surface area contributed by atoms with Gasteiger partial charge in [-0.25, -0.2) is 4.79 Å². The van der Waals surface area contributed by atoms with E-state index in [0.29, 0.717) is 11.5 Å². The van der Waals surface area contributed by atoms with E-state index in [-0.39, 0.29) is 19.7 Å². The lowest BCUT2D eigenvalue weighted by molar-refractivity contribution is -0.756. The Hall–Kier alpha value is -1.16. The minimum absolute atomic E-state index is 0.0254. The molecule has 0 aliphatic rings. The van der Waals surface area contributed by atoms with Crippen LogP contribution in [0.25, 0.3) is 0 Å². The van der Waals surface area contributed by atoms with E-state index in [1.807, 2.05) is 0 Å². The van der Waals surface area contributed by atoms with Crippen molar-refractivity contribution < 1.29 is 29.0 Å². The summed E-state index contributed by atoms with van der Waals surface area (Å²) in [4.78, 5) is 34.4. The lowest BCUT2D eigenvalue weighted by Gasteiger charge is -2.03. The van der Waals surface area contributed by atoms with E-state index >= 15 is 0 Å². The molecule has 0 aliphatic carbocycles. The van der Waals surface area contributed by atoms with Crippen LogP contribution in [0.2, 0.25) is 0 Å². The molecule has 0 rings (SSSR count). The van der Waals surface area contributed by atoms with E-state index in [1.165, 1.54) is 21.6 Å². The monoisotopic (exact) mass is 285 g/mol. The molecule has 0 aliphatic heterocycles. The molecule has 0 spiro atoms. The van der Waals surface area contributed by atoms with E-state index in [2.05, 4.69) is 9.57 Å². The lowest BCUT2D eigenvalue weighted by Crippen LogP contribution is -2.13. The molecule has 0 N–H and O–H groups in total. The van der Waals surface area contributed by atoms with Crippen LogP contribution in [0.15, 0.2) is 0 Å². The summed E-state index contributed by atoms with van der Waals surface area (Å²) in [5, 5.41) is 8.92. The Morgan fingerprint density at radius 1 is 1.29 bits per heavy atom. The Morgan fingerprint density at radius 3 is 2.53 bits per heavy atom. The molecular weight excluding hydrogens is 274 g/mol. The van der Waals surface area contributed by atoms with Crippen molar-refractivity contribution in [1.82, 2.24) is 0 Å². The summed E-state index contributed by atoms with van der Waals surface area (Å²) in [5.41, 5.74) is 0. The summed E-state index contributed by atoms with van der Waals surface area (Å²) in [6.45, 7) is -0.00833. The maximum Gasteiger partial charge on any atom is 0.344 e. The van der Waals surface area contributed by atoms with Crippen LogP contribution < -0.4 is 0 Å². The molecule has 0 atom stereocenters. The number of hydrogen-bond acceptors (Lipinski definition) is 9. The predicted molar refractivity (Wildman–Crippen MR) is 60.8 cm³/mol. The average molecular weight is 285 g/mol. The molecule has 0 radical (unpaired) electrons. The van der Waals surface area contributed by atoms with Crippen molar-refractivity contribution in [3.8, 4) is 0 Å². The van der Waals surface area contributed by atoms with Gasteiger partial charge in [0.25, 0.3) is 11.6 Å². The normalized spacial score (nSPS) is 9.41. The van der Waals surface area contributed by atoms with Crippen LogP contribution >= 0.6 is 21.6 Å². The zero-order valence-corrected chi connectivity index (χ0v) is 10.4. The highest BCUT2D eigenvalue weighted by Gasteiger charge is 2.02. The Bertz CT molecular complexity index is 250. The Labute approximate surface area is 105 Å². The Balaban J connectivity index is 3.15. The van der Waals surface area contributed by atoms with Gasteiger partial charge >= 0.3 is 5.97 Å². The van der Waals surface area contributed by atoms with E-state index in [0.717, 1.165) is 0 Å². The van der Waals surface area contributed by atoms with Gasteiger partial charge in [0.05, 0.1) is 0 Å². The van der Waals surface area contributed by atoms with Crippen LogP contribution in [0.1, 0.15) is 0 Å². The van der Waals surface area contributed by atoms with Crippen LogP contribution in [0, 0.1) is 10.1 Å². The van der Waals surface area contributed by atoms with Crippen LogP contribution in [-0.2, 0) is 23.9 Å². The highest BCUT2D eigenvalue weighted by molar-refractivity contribution is 8.76. The van der Waals surface area contributed by atoms with Crippen molar-refractivity contribution in [2.75, 3.05) is 31.3 Å². The first-order valence-corrected chi connectivity index (χ1v) is 6.88. The van der Waals surface area contributed by atoms with Gasteiger partial charge < -0.3 is 14.3 Å². The molecule has 0 saturated carbocycles. The summed E-state index contributed by atoms with van der Waals surface area (Å²) in [7, 11) is 2.77. The highest BCUT2D eigenvalue weighted by atomic mass is 33.1. The van der Waals surface area contributed by atoms with Gasteiger partial charge in [0.15, 0.2) is 6.61 Å². The smallest absolute Gasteiger partial charge is 0.344 e. The van der Waals surface area contributed by atoms with Gasteiger partial charge in [-0.1, -0.05) is 21.6 Å². The van der Waals surface area contributed by atoms with Crippen molar-refractivity contribution in [3.05, 3.63) is 10.1 Å². The fraction of sp³-hybridized carbons (Fsp3) is 0.714. The largest absolute Gasteiger partial charge is 0.462 e. The quantitative estimate of drug-likeness (QED) is 0.132. The number of nitrogens with zero attached hydrogens (tertiary/aromatic N) is 1. The molecule has 0 fully saturated rings. The zero-order valence-electron chi connectivity index (χ0n) is 8.73. The van der Waals surface area contributed by atoms with Crippen LogP contribution in [0.5, 0.6) is 0 Å². The third-order valence-corrected chi connectivity index (χ3v) is 3.48. The fourth-order valence-corrected chi connectivity index (χ4v) is 2.24. The van der Waals surface area contributed by atoms with Crippen LogP contribution in [0.4, 0.5) is 0 Å². The molecule has 17 heavy (non-hydrogen) atoms. The molecule has 98 valence electrons. The average Bonchev–Trinajstić information content (AvgIpc) is 2.29. The standard InChI is InChI=1S/C7H11NO7S2/c9-6-13-5-7(10)14-1-3-16-17-4-2-15-8(11)12/h6H,1-5H2. The van der Waals surface area contributed by atoms with Gasteiger partial charge in [0.1, 0.15) is 13.2 Å². The molecular formula is C7H11NO7S2. The number of rotatable bonds is 11. The van der Waals surface area contributed by atoms with Gasteiger partial charge in [-0.2, -0.15) is 0 Å².